The van der Waals surface area contributed by atoms with Gasteiger partial charge in [0.25, 0.3) is 0 Å². The highest BCUT2D eigenvalue weighted by molar-refractivity contribution is 8.00. The summed E-state index contributed by atoms with van der Waals surface area (Å²) in [5.41, 5.74) is 12.7. The van der Waals surface area contributed by atoms with Crippen LogP contribution in [0.5, 0.6) is 0 Å². The van der Waals surface area contributed by atoms with E-state index in [0.29, 0.717) is 26.4 Å². The number of nitrogens with two attached hydrogens (primary N) is 2. The molecular weight excluding hydrogens is 342 g/mol. The Kier molecular flexibility index (Phi) is 5.76. The molecule has 0 aliphatic rings. The van der Waals surface area contributed by atoms with Crippen molar-refractivity contribution in [2.75, 3.05) is 28.8 Å². The lowest BCUT2D eigenvalue weighted by atomic mass is 10.3. The second-order valence-electron chi connectivity index (χ2n) is 4.15. The van der Waals surface area contributed by atoms with Crippen molar-refractivity contribution in [2.45, 2.75) is 10.1 Å². The third kappa shape index (κ3) is 4.43. The summed E-state index contributed by atoms with van der Waals surface area (Å²) in [6, 6.07) is 6.87. The van der Waals surface area contributed by atoms with Gasteiger partial charge in [0.05, 0.1) is 11.4 Å². The molecule has 0 unspecified atom stereocenters. The zero-order valence-electron chi connectivity index (χ0n) is 11.7. The Morgan fingerprint density at radius 3 is 2.50 bits per heavy atom. The first kappa shape index (κ1) is 16.7. The number of hydrogen-bond donors (Lipinski definition) is 3. The highest BCUT2D eigenvalue weighted by Crippen LogP contribution is 2.30. The number of benzene rings is 1. The van der Waals surface area contributed by atoms with Gasteiger partial charge in [0, 0.05) is 10.7 Å². The minimum Gasteiger partial charge on any atom is -0.394 e. The molecule has 1 aromatic heterocycles. The van der Waals surface area contributed by atoms with Gasteiger partial charge in [-0.2, -0.15) is 0 Å². The monoisotopic (exact) mass is 355 g/mol. The van der Waals surface area contributed by atoms with Crippen molar-refractivity contribution in [3.05, 3.63) is 29.3 Å². The summed E-state index contributed by atoms with van der Waals surface area (Å²) >= 11 is 8.38. The van der Waals surface area contributed by atoms with E-state index in [9.17, 15) is 4.79 Å². The third-order valence-corrected chi connectivity index (χ3v) is 4.50. The third-order valence-electron chi connectivity index (χ3n) is 2.55. The number of thioether (sulfide) groups is 2. The summed E-state index contributed by atoms with van der Waals surface area (Å²) in [4.78, 5) is 20.0. The van der Waals surface area contributed by atoms with E-state index in [4.69, 9.17) is 23.1 Å². The Balaban J connectivity index is 1.99. The summed E-state index contributed by atoms with van der Waals surface area (Å²) in [5.74, 6) is 0.130. The molecule has 2 aromatic rings. The van der Waals surface area contributed by atoms with E-state index >= 15 is 0 Å². The molecule has 0 spiro atoms. The maximum Gasteiger partial charge on any atom is 0.234 e. The maximum atomic E-state index is 11.9. The van der Waals surface area contributed by atoms with Crippen LogP contribution >= 0.6 is 35.1 Å². The smallest absolute Gasteiger partial charge is 0.234 e. The Morgan fingerprint density at radius 1 is 1.23 bits per heavy atom. The highest BCUT2D eigenvalue weighted by atomic mass is 35.5. The number of nitrogens with zero attached hydrogens (tertiary/aromatic N) is 2. The quantitative estimate of drug-likeness (QED) is 0.559. The van der Waals surface area contributed by atoms with Crippen LogP contribution in [-0.2, 0) is 4.79 Å². The van der Waals surface area contributed by atoms with E-state index in [1.54, 1.807) is 24.3 Å². The molecule has 0 fully saturated rings. The fraction of sp³-hybridized carbons (Fsp3) is 0.154. The first-order chi connectivity index (χ1) is 10.5. The van der Waals surface area contributed by atoms with Crippen LogP contribution in [0.4, 0.5) is 17.3 Å². The van der Waals surface area contributed by atoms with Gasteiger partial charge in [0.1, 0.15) is 10.1 Å². The average molecular weight is 356 g/mol. The molecule has 1 aromatic carbocycles. The van der Waals surface area contributed by atoms with E-state index in [-0.39, 0.29) is 17.6 Å². The SMILES string of the molecule is CSc1nc(N)nc(SCC(=O)Nc2ccc(Cl)cc2)c1N. The molecule has 0 aliphatic heterocycles. The van der Waals surface area contributed by atoms with Crippen LogP contribution in [-0.4, -0.2) is 27.9 Å². The van der Waals surface area contributed by atoms with Crippen molar-refractivity contribution in [1.82, 2.24) is 9.97 Å². The van der Waals surface area contributed by atoms with Gasteiger partial charge in [-0.25, -0.2) is 9.97 Å². The second kappa shape index (κ2) is 7.57. The van der Waals surface area contributed by atoms with Crippen LogP contribution in [0.1, 0.15) is 0 Å². The summed E-state index contributed by atoms with van der Waals surface area (Å²) in [7, 11) is 0. The molecular formula is C13H14ClN5OS2. The topological polar surface area (TPSA) is 107 Å². The molecule has 0 bridgehead atoms. The lowest BCUT2D eigenvalue weighted by Crippen LogP contribution is -2.14. The Hall–Kier alpha value is -1.64. The number of carbonyl (C=O) groups is 1. The van der Waals surface area contributed by atoms with Crippen LogP contribution in [0.3, 0.4) is 0 Å². The molecule has 2 rings (SSSR count). The molecule has 6 nitrogen and oxygen atoms in total. The van der Waals surface area contributed by atoms with Crippen molar-refractivity contribution in [1.29, 1.82) is 0 Å². The number of nitrogens with one attached hydrogen (secondary N) is 1. The van der Waals surface area contributed by atoms with Gasteiger partial charge in [0.2, 0.25) is 11.9 Å². The zero-order chi connectivity index (χ0) is 16.1. The van der Waals surface area contributed by atoms with Gasteiger partial charge in [0.15, 0.2) is 0 Å². The van der Waals surface area contributed by atoms with Crippen molar-refractivity contribution in [3.8, 4) is 0 Å². The minimum atomic E-state index is -0.172. The standard InChI is InChI=1S/C13H14ClN5OS2/c1-21-11-10(15)12(19-13(16)18-11)22-6-9(20)17-8-4-2-7(14)3-5-8/h2-5H,6,15H2,1H3,(H,17,20)(H2,16,18,19). The normalized spacial score (nSPS) is 10.5. The lowest BCUT2D eigenvalue weighted by molar-refractivity contribution is -0.113. The molecule has 0 atom stereocenters. The summed E-state index contributed by atoms with van der Waals surface area (Å²) in [6.45, 7) is 0. The molecule has 0 radical (unpaired) electrons. The van der Waals surface area contributed by atoms with E-state index in [2.05, 4.69) is 15.3 Å². The molecule has 1 heterocycles. The van der Waals surface area contributed by atoms with Crippen molar-refractivity contribution >= 4 is 58.4 Å². The number of aromatic nitrogens is 2. The maximum absolute atomic E-state index is 11.9. The van der Waals surface area contributed by atoms with Crippen molar-refractivity contribution < 1.29 is 4.79 Å². The van der Waals surface area contributed by atoms with Crippen molar-refractivity contribution in [3.63, 3.8) is 0 Å². The molecule has 0 aliphatic carbocycles. The molecule has 0 saturated carbocycles. The van der Waals surface area contributed by atoms with E-state index in [1.807, 2.05) is 6.26 Å². The Morgan fingerprint density at radius 2 is 1.86 bits per heavy atom. The number of amides is 1. The molecule has 9 heteroatoms. The van der Waals surface area contributed by atoms with Crippen LogP contribution in [0.25, 0.3) is 0 Å². The van der Waals surface area contributed by atoms with Crippen LogP contribution in [0, 0.1) is 0 Å². The van der Waals surface area contributed by atoms with E-state index in [0.717, 1.165) is 0 Å². The van der Waals surface area contributed by atoms with Gasteiger partial charge in [-0.05, 0) is 30.5 Å². The van der Waals surface area contributed by atoms with Crippen LogP contribution < -0.4 is 16.8 Å². The van der Waals surface area contributed by atoms with Gasteiger partial charge < -0.3 is 16.8 Å². The first-order valence-corrected chi connectivity index (χ1v) is 8.73. The molecule has 1 amide bonds. The van der Waals surface area contributed by atoms with Gasteiger partial charge in [-0.1, -0.05) is 23.4 Å². The largest absolute Gasteiger partial charge is 0.394 e. The first-order valence-electron chi connectivity index (χ1n) is 6.14. The van der Waals surface area contributed by atoms with E-state index in [1.165, 1.54) is 23.5 Å². The lowest BCUT2D eigenvalue weighted by Gasteiger charge is -2.09. The van der Waals surface area contributed by atoms with Crippen LogP contribution in [0.15, 0.2) is 34.3 Å². The van der Waals surface area contributed by atoms with E-state index < -0.39 is 0 Å². The number of rotatable bonds is 5. The highest BCUT2D eigenvalue weighted by Gasteiger charge is 2.12. The zero-order valence-corrected chi connectivity index (χ0v) is 14.1. The molecule has 116 valence electrons. The number of carbonyl (C=O) groups excluding carboxylic acids is 1. The van der Waals surface area contributed by atoms with Crippen LogP contribution in [0.2, 0.25) is 5.02 Å². The summed E-state index contributed by atoms with van der Waals surface area (Å²) in [6.07, 6.45) is 1.85. The number of halogens is 1. The Labute approximate surface area is 141 Å². The van der Waals surface area contributed by atoms with Gasteiger partial charge in [-0.15, -0.1) is 11.8 Å². The second-order valence-corrected chi connectivity index (χ2v) is 6.35. The summed E-state index contributed by atoms with van der Waals surface area (Å²) in [5, 5.41) is 4.48. The van der Waals surface area contributed by atoms with Crippen molar-refractivity contribution in [2.24, 2.45) is 0 Å². The fourth-order valence-corrected chi connectivity index (χ4v) is 3.02. The predicted molar refractivity (Wildman–Crippen MR) is 93.4 cm³/mol. The fourth-order valence-electron chi connectivity index (χ4n) is 1.57. The van der Waals surface area contributed by atoms with Gasteiger partial charge in [-0.3, -0.25) is 4.79 Å². The Bertz CT molecular complexity index is 681. The van der Waals surface area contributed by atoms with Gasteiger partial charge >= 0.3 is 0 Å². The predicted octanol–water partition coefficient (Wildman–Crippen LogP) is 2.75. The number of nitrogen functional groups attached to an aromatic ring is 2. The molecule has 0 saturated heterocycles. The number of anilines is 3. The molecule has 5 N–H and O–H groups in total. The molecule has 22 heavy (non-hydrogen) atoms. The summed E-state index contributed by atoms with van der Waals surface area (Å²) < 4.78 is 0. The number of hydrogen-bond acceptors (Lipinski definition) is 7. The average Bonchev–Trinajstić information content (AvgIpc) is 2.50. The minimum absolute atomic E-state index is 0.138.